The van der Waals surface area contributed by atoms with Gasteiger partial charge in [-0.15, -0.1) is 0 Å². The average Bonchev–Trinajstić information content (AvgIpc) is 3.10. The van der Waals surface area contributed by atoms with Crippen LogP contribution in [0.1, 0.15) is 21.8 Å². The van der Waals surface area contributed by atoms with Crippen molar-refractivity contribution in [1.29, 1.82) is 0 Å². The second-order valence-electron chi connectivity index (χ2n) is 6.45. The van der Waals surface area contributed by atoms with Crippen molar-refractivity contribution in [3.63, 3.8) is 0 Å². The minimum Gasteiger partial charge on any atom is -0.497 e. The van der Waals surface area contributed by atoms with Crippen LogP contribution in [0.15, 0.2) is 40.1 Å². The molecule has 0 spiro atoms. The Morgan fingerprint density at radius 3 is 2.67 bits per heavy atom. The number of nitrogens with zero attached hydrogens (tertiary/aromatic N) is 2. The van der Waals surface area contributed by atoms with E-state index in [9.17, 15) is 24.3 Å². The lowest BCUT2D eigenvalue weighted by molar-refractivity contribution is -0.141. The number of aryl methyl sites for hydroxylation is 1. The summed E-state index contributed by atoms with van der Waals surface area (Å²) in [5.74, 6) is -2.28. The summed E-state index contributed by atoms with van der Waals surface area (Å²) in [5, 5.41) is 9.59. The number of hydrogen-bond donors (Lipinski definition) is 2. The van der Waals surface area contributed by atoms with Gasteiger partial charge in [0.1, 0.15) is 11.3 Å². The number of benzene rings is 1. The van der Waals surface area contributed by atoms with Crippen molar-refractivity contribution in [1.82, 2.24) is 14.5 Å². The molecule has 2 heterocycles. The third-order valence-electron chi connectivity index (χ3n) is 4.78. The van der Waals surface area contributed by atoms with Gasteiger partial charge in [0.25, 0.3) is 11.5 Å². The van der Waals surface area contributed by atoms with E-state index < -0.39 is 35.0 Å². The Bertz CT molecular complexity index is 1010. The van der Waals surface area contributed by atoms with Crippen LogP contribution in [0.3, 0.4) is 0 Å². The zero-order valence-electron chi connectivity index (χ0n) is 14.8. The van der Waals surface area contributed by atoms with Crippen molar-refractivity contribution in [2.45, 2.75) is 5.92 Å². The van der Waals surface area contributed by atoms with Gasteiger partial charge >= 0.3 is 11.7 Å². The number of H-pyrrole nitrogens is 1. The number of ether oxygens (including phenoxy) is 1. The number of nitrogens with one attached hydrogen (secondary N) is 1. The molecule has 142 valence electrons. The highest BCUT2D eigenvalue weighted by Crippen LogP contribution is 2.34. The number of carbonyl (C=O) groups is 2. The maximum atomic E-state index is 12.8. The highest BCUT2D eigenvalue weighted by atomic mass is 16.5. The van der Waals surface area contributed by atoms with Gasteiger partial charge in [-0.1, -0.05) is 12.1 Å². The first-order valence-corrected chi connectivity index (χ1v) is 8.27. The van der Waals surface area contributed by atoms with Gasteiger partial charge in [-0.3, -0.25) is 19.4 Å². The van der Waals surface area contributed by atoms with Gasteiger partial charge in [0.05, 0.1) is 13.0 Å². The fraction of sp³-hybridized carbons (Fsp3) is 0.333. The lowest BCUT2D eigenvalue weighted by Gasteiger charge is -2.17. The van der Waals surface area contributed by atoms with E-state index >= 15 is 0 Å². The molecule has 0 saturated carbocycles. The van der Waals surface area contributed by atoms with E-state index in [1.165, 1.54) is 19.1 Å². The van der Waals surface area contributed by atoms with Gasteiger partial charge in [-0.05, 0) is 17.7 Å². The summed E-state index contributed by atoms with van der Waals surface area (Å²) < 4.78 is 6.28. The van der Waals surface area contributed by atoms with Gasteiger partial charge in [-0.2, -0.15) is 0 Å². The van der Waals surface area contributed by atoms with Crippen molar-refractivity contribution >= 4 is 11.9 Å². The summed E-state index contributed by atoms with van der Waals surface area (Å²) in [5.41, 5.74) is -0.880. The molecular weight excluding hydrogens is 354 g/mol. The lowest BCUT2D eigenvalue weighted by atomic mass is 9.89. The fourth-order valence-electron chi connectivity index (χ4n) is 3.32. The number of carbonyl (C=O) groups excluding carboxylic acids is 1. The number of amides is 1. The van der Waals surface area contributed by atoms with Crippen LogP contribution >= 0.6 is 0 Å². The molecular formula is C18H19N3O6. The quantitative estimate of drug-likeness (QED) is 0.779. The molecule has 1 aromatic carbocycles. The van der Waals surface area contributed by atoms with Crippen molar-refractivity contribution in [3.8, 4) is 5.75 Å². The van der Waals surface area contributed by atoms with Crippen molar-refractivity contribution in [2.75, 3.05) is 20.2 Å². The van der Waals surface area contributed by atoms with E-state index in [0.717, 1.165) is 16.3 Å². The number of carboxylic acid groups (broad SMARTS) is 1. The summed E-state index contributed by atoms with van der Waals surface area (Å²) in [6.45, 7) is 0.115. The van der Waals surface area contributed by atoms with Crippen LogP contribution in [0.5, 0.6) is 5.75 Å². The molecule has 1 saturated heterocycles. The lowest BCUT2D eigenvalue weighted by Crippen LogP contribution is -2.38. The smallest absolute Gasteiger partial charge is 0.328 e. The molecule has 2 aromatic rings. The van der Waals surface area contributed by atoms with E-state index in [2.05, 4.69) is 4.98 Å². The molecule has 0 radical (unpaired) electrons. The van der Waals surface area contributed by atoms with Crippen LogP contribution in [-0.2, 0) is 11.8 Å². The van der Waals surface area contributed by atoms with Crippen LogP contribution in [-0.4, -0.2) is 51.6 Å². The van der Waals surface area contributed by atoms with E-state index in [-0.39, 0.29) is 18.7 Å². The number of carboxylic acids is 1. The van der Waals surface area contributed by atoms with Crippen molar-refractivity contribution in [3.05, 3.63) is 62.4 Å². The maximum absolute atomic E-state index is 12.8. The Morgan fingerprint density at radius 1 is 1.26 bits per heavy atom. The number of likely N-dealkylation sites (tertiary alicyclic amines) is 1. The van der Waals surface area contributed by atoms with Gasteiger partial charge < -0.3 is 19.3 Å². The van der Waals surface area contributed by atoms with Gasteiger partial charge in [0, 0.05) is 32.3 Å². The summed E-state index contributed by atoms with van der Waals surface area (Å²) in [6, 6.07) is 7.04. The summed E-state index contributed by atoms with van der Waals surface area (Å²) in [7, 11) is 2.93. The van der Waals surface area contributed by atoms with Crippen LogP contribution in [0.4, 0.5) is 0 Å². The molecule has 0 unspecified atom stereocenters. The predicted octanol–water partition coefficient (Wildman–Crippen LogP) is 0.0226. The first kappa shape index (κ1) is 18.4. The summed E-state index contributed by atoms with van der Waals surface area (Å²) >= 11 is 0. The molecule has 1 aliphatic rings. The number of aliphatic carboxylic acids is 1. The van der Waals surface area contributed by atoms with E-state index in [1.807, 2.05) is 0 Å². The first-order valence-electron chi connectivity index (χ1n) is 8.27. The molecule has 1 aliphatic heterocycles. The van der Waals surface area contributed by atoms with Crippen LogP contribution in [0, 0.1) is 5.92 Å². The number of aromatic amines is 1. The Labute approximate surface area is 153 Å². The predicted molar refractivity (Wildman–Crippen MR) is 95.1 cm³/mol. The molecule has 0 aliphatic carbocycles. The van der Waals surface area contributed by atoms with Crippen LogP contribution < -0.4 is 16.0 Å². The van der Waals surface area contributed by atoms with Crippen molar-refractivity contribution < 1.29 is 19.4 Å². The second kappa shape index (κ2) is 7.10. The standard InChI is InChI=1S/C18H19N3O6/c1-20-7-14(15(22)19-18(20)26)16(23)21-8-12(13(9-21)17(24)25)10-4-3-5-11(6-10)27-2/h3-7,12-13H,8-9H2,1-2H3,(H,24,25)(H,19,22,26)/t12-,13+/m1/s1. The van der Waals surface area contributed by atoms with E-state index in [1.54, 1.807) is 24.3 Å². The van der Waals surface area contributed by atoms with Crippen LogP contribution in [0.2, 0.25) is 0 Å². The highest BCUT2D eigenvalue weighted by molar-refractivity contribution is 5.94. The molecule has 1 aromatic heterocycles. The molecule has 2 N–H and O–H groups in total. The zero-order valence-corrected chi connectivity index (χ0v) is 14.8. The average molecular weight is 373 g/mol. The minimum absolute atomic E-state index is 0.0294. The Balaban J connectivity index is 1.93. The van der Waals surface area contributed by atoms with E-state index in [0.29, 0.717) is 5.75 Å². The molecule has 2 atom stereocenters. The number of aromatic nitrogens is 2. The van der Waals surface area contributed by atoms with E-state index in [4.69, 9.17) is 4.74 Å². The normalized spacial score (nSPS) is 19.1. The molecule has 1 amide bonds. The van der Waals surface area contributed by atoms with Crippen LogP contribution in [0.25, 0.3) is 0 Å². The zero-order chi connectivity index (χ0) is 19.7. The third-order valence-corrected chi connectivity index (χ3v) is 4.78. The van der Waals surface area contributed by atoms with Gasteiger partial charge in [-0.25, -0.2) is 4.79 Å². The molecule has 3 rings (SSSR count). The Morgan fingerprint density at radius 2 is 2.00 bits per heavy atom. The highest BCUT2D eigenvalue weighted by Gasteiger charge is 2.41. The first-order chi connectivity index (χ1) is 12.8. The maximum Gasteiger partial charge on any atom is 0.328 e. The Hall–Kier alpha value is -3.36. The summed E-state index contributed by atoms with van der Waals surface area (Å²) in [6.07, 6.45) is 1.16. The second-order valence-corrected chi connectivity index (χ2v) is 6.45. The molecule has 1 fully saturated rings. The molecule has 27 heavy (non-hydrogen) atoms. The monoisotopic (exact) mass is 373 g/mol. The largest absolute Gasteiger partial charge is 0.497 e. The SMILES string of the molecule is COc1cccc([C@H]2CN(C(=O)c3cn(C)c(=O)[nH]c3=O)C[C@@H]2C(=O)O)c1. The topological polar surface area (TPSA) is 122 Å². The molecule has 9 nitrogen and oxygen atoms in total. The van der Waals surface area contributed by atoms with Gasteiger partial charge in [0.15, 0.2) is 0 Å². The van der Waals surface area contributed by atoms with Gasteiger partial charge in [0.2, 0.25) is 0 Å². The number of hydrogen-bond acceptors (Lipinski definition) is 5. The number of rotatable bonds is 4. The molecule has 0 bridgehead atoms. The fourth-order valence-corrected chi connectivity index (χ4v) is 3.32. The molecule has 9 heteroatoms. The summed E-state index contributed by atoms with van der Waals surface area (Å²) in [4.78, 5) is 51.4. The Kier molecular flexibility index (Phi) is 4.85. The number of methoxy groups -OCH3 is 1. The third kappa shape index (κ3) is 3.48. The minimum atomic E-state index is -1.02. The van der Waals surface area contributed by atoms with Crippen molar-refractivity contribution in [2.24, 2.45) is 13.0 Å².